The summed E-state index contributed by atoms with van der Waals surface area (Å²) in [7, 11) is 1.87. The Bertz CT molecular complexity index is 513. The number of benzene rings is 1. The molecule has 2 N–H and O–H groups in total. The van der Waals surface area contributed by atoms with Gasteiger partial charge in [0.25, 0.3) is 0 Å². The van der Waals surface area contributed by atoms with Crippen LogP contribution in [0.15, 0.2) is 18.2 Å². The van der Waals surface area contributed by atoms with E-state index in [9.17, 15) is 9.59 Å². The summed E-state index contributed by atoms with van der Waals surface area (Å²) < 4.78 is 0. The molecule has 0 aliphatic carbocycles. The zero-order valence-corrected chi connectivity index (χ0v) is 11.1. The van der Waals surface area contributed by atoms with Crippen LogP contribution in [0.25, 0.3) is 0 Å². The number of nitrogens with one attached hydrogen (secondary N) is 1. The molecular weight excluding hydrogens is 244 g/mol. The largest absolute Gasteiger partial charge is 0.481 e. The Morgan fingerprint density at radius 1 is 1.53 bits per heavy atom. The molecule has 0 fully saturated rings. The van der Waals surface area contributed by atoms with E-state index in [-0.39, 0.29) is 11.8 Å². The van der Waals surface area contributed by atoms with Gasteiger partial charge in [-0.05, 0) is 30.2 Å². The van der Waals surface area contributed by atoms with Crippen LogP contribution in [0.3, 0.4) is 0 Å². The van der Waals surface area contributed by atoms with E-state index in [2.05, 4.69) is 5.32 Å². The first kappa shape index (κ1) is 13.4. The monoisotopic (exact) mass is 262 g/mol. The zero-order valence-electron chi connectivity index (χ0n) is 11.1. The third-order valence-corrected chi connectivity index (χ3v) is 3.49. The van der Waals surface area contributed by atoms with Gasteiger partial charge in [0.1, 0.15) is 0 Å². The minimum absolute atomic E-state index is 0.00627. The maximum Gasteiger partial charge on any atom is 0.308 e. The minimum Gasteiger partial charge on any atom is -0.481 e. The molecule has 1 aliphatic heterocycles. The summed E-state index contributed by atoms with van der Waals surface area (Å²) in [6.45, 7) is 2.34. The highest BCUT2D eigenvalue weighted by atomic mass is 16.4. The van der Waals surface area contributed by atoms with Crippen molar-refractivity contribution in [1.82, 2.24) is 0 Å². The fraction of sp³-hybridized carbons (Fsp3) is 0.429. The highest BCUT2D eigenvalue weighted by Crippen LogP contribution is 2.27. The first-order valence-electron chi connectivity index (χ1n) is 6.38. The zero-order chi connectivity index (χ0) is 14.0. The lowest BCUT2D eigenvalue weighted by molar-refractivity contribution is -0.141. The summed E-state index contributed by atoms with van der Waals surface area (Å²) in [4.78, 5) is 24.3. The van der Waals surface area contributed by atoms with Gasteiger partial charge >= 0.3 is 5.97 Å². The molecule has 19 heavy (non-hydrogen) atoms. The van der Waals surface area contributed by atoms with Crippen molar-refractivity contribution in [2.45, 2.75) is 19.8 Å². The molecule has 1 atom stereocenters. The summed E-state index contributed by atoms with van der Waals surface area (Å²) in [5.74, 6) is -1.14. The van der Waals surface area contributed by atoms with Crippen LogP contribution in [0.1, 0.15) is 18.9 Å². The van der Waals surface area contributed by atoms with Gasteiger partial charge in [-0.15, -0.1) is 0 Å². The Morgan fingerprint density at radius 2 is 2.26 bits per heavy atom. The third-order valence-electron chi connectivity index (χ3n) is 3.49. The average molecular weight is 262 g/mol. The Morgan fingerprint density at radius 3 is 2.89 bits per heavy atom. The number of anilines is 2. The van der Waals surface area contributed by atoms with Crippen molar-refractivity contribution in [2.75, 3.05) is 23.8 Å². The molecule has 2 rings (SSSR count). The second kappa shape index (κ2) is 5.30. The van der Waals surface area contributed by atoms with Crippen molar-refractivity contribution in [3.8, 4) is 0 Å². The third kappa shape index (κ3) is 2.86. The molecule has 1 unspecified atom stereocenters. The number of hydrogen-bond acceptors (Lipinski definition) is 3. The number of carbonyl (C=O) groups excluding carboxylic acids is 1. The molecule has 0 radical (unpaired) electrons. The number of carboxylic acid groups (broad SMARTS) is 1. The summed E-state index contributed by atoms with van der Waals surface area (Å²) in [5, 5.41) is 11.9. The minimum atomic E-state index is -0.771. The molecule has 5 nitrogen and oxygen atoms in total. The fourth-order valence-corrected chi connectivity index (χ4v) is 2.27. The van der Waals surface area contributed by atoms with Crippen molar-refractivity contribution in [3.05, 3.63) is 23.8 Å². The number of amides is 1. The van der Waals surface area contributed by atoms with Crippen LogP contribution >= 0.6 is 0 Å². The number of nitrogens with zero attached hydrogens (tertiary/aromatic N) is 1. The average Bonchev–Trinajstić information content (AvgIpc) is 2.74. The van der Waals surface area contributed by atoms with Crippen molar-refractivity contribution >= 4 is 23.3 Å². The Balaban J connectivity index is 2.12. The molecule has 0 bridgehead atoms. The first-order valence-corrected chi connectivity index (χ1v) is 6.38. The number of fused-ring (bicyclic) bond motifs is 1. The van der Waals surface area contributed by atoms with Gasteiger partial charge in [0, 0.05) is 25.0 Å². The number of aliphatic carboxylic acids is 1. The molecule has 0 saturated carbocycles. The van der Waals surface area contributed by atoms with E-state index in [1.165, 1.54) is 0 Å². The van der Waals surface area contributed by atoms with Crippen LogP contribution in [0.2, 0.25) is 0 Å². The van der Waals surface area contributed by atoms with Crippen LogP contribution < -0.4 is 10.2 Å². The number of carboxylic acids is 1. The van der Waals surface area contributed by atoms with Gasteiger partial charge in [-0.1, -0.05) is 6.92 Å². The molecule has 1 aromatic rings. The molecular formula is C14H18N2O3. The van der Waals surface area contributed by atoms with E-state index < -0.39 is 5.97 Å². The molecule has 1 aromatic carbocycles. The number of rotatable bonds is 5. The molecule has 1 amide bonds. The van der Waals surface area contributed by atoms with Crippen LogP contribution in [0.4, 0.5) is 11.4 Å². The van der Waals surface area contributed by atoms with Gasteiger partial charge in [-0.3, -0.25) is 9.59 Å². The maximum atomic E-state index is 11.3. The van der Waals surface area contributed by atoms with Gasteiger partial charge < -0.3 is 15.3 Å². The lowest BCUT2D eigenvalue weighted by Crippen LogP contribution is -2.29. The molecule has 0 spiro atoms. The van der Waals surface area contributed by atoms with Crippen molar-refractivity contribution in [2.24, 2.45) is 5.92 Å². The Labute approximate surface area is 112 Å². The highest BCUT2D eigenvalue weighted by molar-refractivity contribution is 5.99. The van der Waals surface area contributed by atoms with Gasteiger partial charge in [-0.25, -0.2) is 0 Å². The number of hydrogen-bond donors (Lipinski definition) is 2. The SMILES string of the molecule is CCC(CN(C)c1ccc2c(c1)CC(=O)N2)C(=O)O. The summed E-state index contributed by atoms with van der Waals surface area (Å²) in [6.07, 6.45) is 0.998. The Hall–Kier alpha value is -2.04. The van der Waals surface area contributed by atoms with Crippen LogP contribution in [-0.4, -0.2) is 30.6 Å². The smallest absolute Gasteiger partial charge is 0.308 e. The molecule has 1 heterocycles. The lowest BCUT2D eigenvalue weighted by atomic mass is 10.1. The van der Waals surface area contributed by atoms with E-state index >= 15 is 0 Å². The molecule has 1 aliphatic rings. The van der Waals surface area contributed by atoms with E-state index in [0.717, 1.165) is 16.9 Å². The molecule has 0 aromatic heterocycles. The van der Waals surface area contributed by atoms with E-state index in [0.29, 0.717) is 19.4 Å². The van der Waals surface area contributed by atoms with E-state index in [1.807, 2.05) is 37.1 Å². The van der Waals surface area contributed by atoms with E-state index in [4.69, 9.17) is 5.11 Å². The molecule has 5 heteroatoms. The van der Waals surface area contributed by atoms with Gasteiger partial charge in [0.15, 0.2) is 0 Å². The molecule has 0 saturated heterocycles. The lowest BCUT2D eigenvalue weighted by Gasteiger charge is -2.23. The van der Waals surface area contributed by atoms with E-state index in [1.54, 1.807) is 0 Å². The van der Waals surface area contributed by atoms with Gasteiger partial charge in [-0.2, -0.15) is 0 Å². The molecule has 102 valence electrons. The first-order chi connectivity index (χ1) is 9.01. The van der Waals surface area contributed by atoms with Gasteiger partial charge in [0.05, 0.1) is 12.3 Å². The fourth-order valence-electron chi connectivity index (χ4n) is 2.27. The second-order valence-corrected chi connectivity index (χ2v) is 4.89. The highest BCUT2D eigenvalue weighted by Gasteiger charge is 2.20. The van der Waals surface area contributed by atoms with Crippen molar-refractivity contribution in [1.29, 1.82) is 0 Å². The van der Waals surface area contributed by atoms with Crippen LogP contribution in [0, 0.1) is 5.92 Å². The van der Waals surface area contributed by atoms with Crippen LogP contribution in [0.5, 0.6) is 0 Å². The standard InChI is InChI=1S/C14H18N2O3/c1-3-9(14(18)19)8-16(2)11-4-5-12-10(6-11)7-13(17)15-12/h4-6,9H,3,7-8H2,1-2H3,(H,15,17)(H,18,19). The summed E-state index contributed by atoms with van der Waals surface area (Å²) >= 11 is 0. The Kier molecular flexibility index (Phi) is 3.74. The summed E-state index contributed by atoms with van der Waals surface area (Å²) in [6, 6.07) is 5.72. The quantitative estimate of drug-likeness (QED) is 0.848. The second-order valence-electron chi connectivity index (χ2n) is 4.89. The topological polar surface area (TPSA) is 69.6 Å². The predicted molar refractivity (Wildman–Crippen MR) is 73.5 cm³/mol. The van der Waals surface area contributed by atoms with Gasteiger partial charge in [0.2, 0.25) is 5.91 Å². The normalized spacial score (nSPS) is 14.7. The van der Waals surface area contributed by atoms with Crippen molar-refractivity contribution in [3.63, 3.8) is 0 Å². The number of carbonyl (C=O) groups is 2. The maximum absolute atomic E-state index is 11.3. The van der Waals surface area contributed by atoms with Crippen molar-refractivity contribution < 1.29 is 14.7 Å². The van der Waals surface area contributed by atoms with Crippen LogP contribution in [-0.2, 0) is 16.0 Å². The summed E-state index contributed by atoms with van der Waals surface area (Å²) in [5.41, 5.74) is 2.76. The predicted octanol–water partition coefficient (Wildman–Crippen LogP) is 1.73.